The van der Waals surface area contributed by atoms with Gasteiger partial charge in [-0.3, -0.25) is 19.3 Å². The number of carbonyl (C=O) groups excluding carboxylic acids is 2. The molecule has 8 nitrogen and oxygen atoms in total. The van der Waals surface area contributed by atoms with Gasteiger partial charge in [0, 0.05) is 31.9 Å². The van der Waals surface area contributed by atoms with Gasteiger partial charge in [0.25, 0.3) is 11.8 Å². The van der Waals surface area contributed by atoms with Crippen molar-refractivity contribution < 1.29 is 19.1 Å². The number of aromatic hydroxyl groups is 1. The van der Waals surface area contributed by atoms with Gasteiger partial charge >= 0.3 is 0 Å². The van der Waals surface area contributed by atoms with E-state index in [2.05, 4.69) is 27.9 Å². The van der Waals surface area contributed by atoms with E-state index in [0.717, 1.165) is 25.0 Å². The Bertz CT molecular complexity index is 1390. The van der Waals surface area contributed by atoms with Crippen LogP contribution in [0.1, 0.15) is 51.2 Å². The molecule has 2 aromatic heterocycles. The summed E-state index contributed by atoms with van der Waals surface area (Å²) < 4.78 is 14.8. The molecule has 0 spiro atoms. The monoisotopic (exact) mass is 570 g/mol. The molecule has 2 amide bonds. The van der Waals surface area contributed by atoms with E-state index >= 15 is 0 Å². The summed E-state index contributed by atoms with van der Waals surface area (Å²) in [5.74, 6) is -1.09. The van der Waals surface area contributed by atoms with Crippen LogP contribution in [-0.4, -0.2) is 62.0 Å². The fourth-order valence-electron chi connectivity index (χ4n) is 5.44. The number of hydrogen-bond donors (Lipinski definition) is 2. The number of benzene rings is 1. The minimum Gasteiger partial charge on any atom is -0.503 e. The first-order valence-electron chi connectivity index (χ1n) is 12.9. The zero-order valence-electron chi connectivity index (χ0n) is 21.6. The molecule has 2 aliphatic heterocycles. The topological polar surface area (TPSA) is 94.9 Å². The standard InChI is InChI=1S/C28H31FN4O4S2/c1-38-11-2-3-21-8-10-32-23(33(21)14-19-9-12-39-17-19)16-31-15-22(25(34)26(35)24(31)28(32)37)27(36)30-13-18-4-6-20(29)7-5-18/h4-7,9,12,15,17,21,23,35H,2-3,8,10-11,13-14,16H2,1H3,(H,30,36). The molecular formula is C28H31FN4O4S2. The number of thioether (sulfide) groups is 1. The fourth-order valence-corrected chi connectivity index (χ4v) is 6.55. The summed E-state index contributed by atoms with van der Waals surface area (Å²) in [6.45, 7) is 1.65. The summed E-state index contributed by atoms with van der Waals surface area (Å²) in [5, 5.41) is 17.6. The van der Waals surface area contributed by atoms with Gasteiger partial charge in [-0.2, -0.15) is 23.1 Å². The molecule has 5 rings (SSSR count). The van der Waals surface area contributed by atoms with E-state index in [0.29, 0.717) is 31.2 Å². The van der Waals surface area contributed by atoms with Crippen molar-refractivity contribution in [1.82, 2.24) is 19.7 Å². The minimum atomic E-state index is -0.883. The highest BCUT2D eigenvalue weighted by Crippen LogP contribution is 2.33. The van der Waals surface area contributed by atoms with Crippen molar-refractivity contribution >= 4 is 34.9 Å². The molecule has 4 heterocycles. The third kappa shape index (κ3) is 5.75. The van der Waals surface area contributed by atoms with Crippen LogP contribution >= 0.6 is 23.1 Å². The van der Waals surface area contributed by atoms with Gasteiger partial charge in [0.15, 0.2) is 11.4 Å². The third-order valence-corrected chi connectivity index (χ3v) is 8.87. The van der Waals surface area contributed by atoms with Crippen LogP contribution in [0.15, 0.2) is 52.1 Å². The maximum Gasteiger partial charge on any atom is 0.275 e. The molecule has 0 aliphatic carbocycles. The molecule has 206 valence electrons. The normalized spacial score (nSPS) is 19.0. The number of pyridine rings is 1. The van der Waals surface area contributed by atoms with Crippen molar-refractivity contribution in [3.05, 3.63) is 85.7 Å². The van der Waals surface area contributed by atoms with Gasteiger partial charge in [0.05, 0.1) is 6.54 Å². The minimum absolute atomic E-state index is 0.0809. The van der Waals surface area contributed by atoms with Gasteiger partial charge < -0.3 is 19.9 Å². The second-order valence-corrected chi connectivity index (χ2v) is 11.7. The van der Waals surface area contributed by atoms with Crippen LogP contribution in [0.25, 0.3) is 0 Å². The van der Waals surface area contributed by atoms with Crippen molar-refractivity contribution in [2.45, 2.75) is 51.1 Å². The van der Waals surface area contributed by atoms with Crippen LogP contribution in [0.5, 0.6) is 5.75 Å². The van der Waals surface area contributed by atoms with Crippen molar-refractivity contribution in [3.63, 3.8) is 0 Å². The Balaban J connectivity index is 1.43. The number of halogens is 1. The van der Waals surface area contributed by atoms with E-state index in [9.17, 15) is 23.9 Å². The molecule has 1 saturated heterocycles. The van der Waals surface area contributed by atoms with Gasteiger partial charge in [0.1, 0.15) is 17.5 Å². The lowest BCUT2D eigenvalue weighted by Gasteiger charge is -2.51. The number of thiophene rings is 1. The van der Waals surface area contributed by atoms with Gasteiger partial charge in [-0.15, -0.1) is 0 Å². The van der Waals surface area contributed by atoms with Gasteiger partial charge in [-0.25, -0.2) is 4.39 Å². The van der Waals surface area contributed by atoms with Crippen molar-refractivity contribution in [2.75, 3.05) is 18.6 Å². The molecule has 1 aromatic carbocycles. The molecule has 11 heteroatoms. The fraction of sp³-hybridized carbons (Fsp3) is 0.393. The van der Waals surface area contributed by atoms with Crippen LogP contribution in [0.4, 0.5) is 4.39 Å². The molecule has 0 radical (unpaired) electrons. The molecule has 3 aromatic rings. The average molecular weight is 571 g/mol. The second kappa shape index (κ2) is 11.9. The largest absolute Gasteiger partial charge is 0.503 e. The Morgan fingerprint density at radius 3 is 2.72 bits per heavy atom. The van der Waals surface area contributed by atoms with Crippen LogP contribution in [0.2, 0.25) is 0 Å². The summed E-state index contributed by atoms with van der Waals surface area (Å²) in [7, 11) is 0. The third-order valence-electron chi connectivity index (χ3n) is 7.44. The van der Waals surface area contributed by atoms with E-state index in [4.69, 9.17) is 0 Å². The summed E-state index contributed by atoms with van der Waals surface area (Å²) in [6.07, 6.45) is 6.12. The maximum atomic E-state index is 13.6. The predicted octanol–water partition coefficient (Wildman–Crippen LogP) is 3.88. The predicted molar refractivity (Wildman–Crippen MR) is 151 cm³/mol. The lowest BCUT2D eigenvalue weighted by molar-refractivity contribution is -0.0452. The number of aromatic nitrogens is 1. The number of nitrogens with one attached hydrogen (secondary N) is 1. The quantitative estimate of drug-likeness (QED) is 0.379. The molecular weight excluding hydrogens is 539 g/mol. The zero-order valence-corrected chi connectivity index (χ0v) is 23.3. The Morgan fingerprint density at radius 2 is 2.00 bits per heavy atom. The Hall–Kier alpha value is -3.15. The van der Waals surface area contributed by atoms with Crippen LogP contribution in [0, 0.1) is 5.82 Å². The highest BCUT2D eigenvalue weighted by molar-refractivity contribution is 7.98. The highest BCUT2D eigenvalue weighted by atomic mass is 32.2. The summed E-state index contributed by atoms with van der Waals surface area (Å²) in [4.78, 5) is 43.6. The number of carbonyl (C=O) groups is 2. The molecule has 2 N–H and O–H groups in total. The second-order valence-electron chi connectivity index (χ2n) is 9.89. The first kappa shape index (κ1) is 27.4. The van der Waals surface area contributed by atoms with E-state index in [-0.39, 0.29) is 29.8 Å². The smallest absolute Gasteiger partial charge is 0.275 e. The first-order valence-corrected chi connectivity index (χ1v) is 15.3. The van der Waals surface area contributed by atoms with E-state index in [1.165, 1.54) is 23.9 Å². The number of amides is 2. The first-order chi connectivity index (χ1) is 18.9. The Kier molecular flexibility index (Phi) is 8.39. The lowest BCUT2D eigenvalue weighted by atomic mass is 9.98. The molecule has 2 unspecified atom stereocenters. The molecule has 2 atom stereocenters. The number of nitrogens with zero attached hydrogens (tertiary/aromatic N) is 3. The summed E-state index contributed by atoms with van der Waals surface area (Å²) in [6, 6.07) is 8.05. The molecule has 2 aliphatic rings. The molecule has 39 heavy (non-hydrogen) atoms. The lowest BCUT2D eigenvalue weighted by Crippen LogP contribution is -2.63. The maximum absolute atomic E-state index is 13.6. The zero-order chi connectivity index (χ0) is 27.5. The van der Waals surface area contributed by atoms with E-state index in [1.54, 1.807) is 32.9 Å². The Morgan fingerprint density at radius 1 is 1.21 bits per heavy atom. The SMILES string of the molecule is CSCCCC1CCN2C(=O)c3c(O)c(=O)c(C(=O)NCc4ccc(F)cc4)cn3CC2N1Cc1ccsc1. The van der Waals surface area contributed by atoms with Crippen molar-refractivity contribution in [2.24, 2.45) is 0 Å². The van der Waals surface area contributed by atoms with E-state index < -0.39 is 23.0 Å². The molecule has 0 saturated carbocycles. The highest BCUT2D eigenvalue weighted by Gasteiger charge is 2.43. The average Bonchev–Trinajstić information content (AvgIpc) is 3.45. The van der Waals surface area contributed by atoms with Crippen LogP contribution in [-0.2, 0) is 19.6 Å². The number of hydrogen-bond acceptors (Lipinski definition) is 7. The molecule has 1 fully saturated rings. The van der Waals surface area contributed by atoms with Crippen molar-refractivity contribution in [1.29, 1.82) is 0 Å². The van der Waals surface area contributed by atoms with Gasteiger partial charge in [-0.1, -0.05) is 12.1 Å². The van der Waals surface area contributed by atoms with Crippen LogP contribution in [0.3, 0.4) is 0 Å². The van der Waals surface area contributed by atoms with Gasteiger partial charge in [0.2, 0.25) is 5.43 Å². The van der Waals surface area contributed by atoms with E-state index in [1.807, 2.05) is 17.1 Å². The number of fused-ring (bicyclic) bond motifs is 2. The Labute approximate surface area is 234 Å². The van der Waals surface area contributed by atoms with Gasteiger partial charge in [-0.05, 0) is 71.4 Å². The summed E-state index contributed by atoms with van der Waals surface area (Å²) >= 11 is 3.46. The van der Waals surface area contributed by atoms with Crippen LogP contribution < -0.4 is 10.7 Å². The van der Waals surface area contributed by atoms with Crippen molar-refractivity contribution in [3.8, 4) is 5.75 Å². The summed E-state index contributed by atoms with van der Waals surface area (Å²) in [5.41, 5.74) is 0.640. The number of rotatable bonds is 9. The molecule has 0 bridgehead atoms.